The molecule has 2 aromatic rings. The molecule has 0 spiro atoms. The molecule has 60 heavy (non-hydrogen) atoms. The van der Waals surface area contributed by atoms with Crippen LogP contribution in [0.2, 0.25) is 0 Å². The number of nitrogens with one attached hydrogen (secondary N) is 3. The zero-order valence-corrected chi connectivity index (χ0v) is 35.3. The number of amides is 4. The highest BCUT2D eigenvalue weighted by molar-refractivity contribution is 7.91. The van der Waals surface area contributed by atoms with Gasteiger partial charge in [0.2, 0.25) is 27.7 Å². The second kappa shape index (κ2) is 16.0. The van der Waals surface area contributed by atoms with E-state index in [1.54, 1.807) is 13.0 Å². The minimum absolute atomic E-state index is 0.00953. The SMILES string of the molecule is C[C@H]1CC/C=C\[C@@H]2C[C@@]2(C(=O)NS(=O)(=O)C2(CF)CC2)NC(=O)[C@@H]2C[C@@H](Oc3nc4c(c5ccccc35)OCCC4)CN2C(=O)C(NC(=O)OC(C)(C)C(C)(F)F)[C@H](C)C1. The molecule has 1 aromatic heterocycles. The van der Waals surface area contributed by atoms with Crippen LogP contribution < -0.4 is 24.8 Å². The quantitative estimate of drug-likeness (QED) is 0.281. The Morgan fingerprint density at radius 1 is 1.10 bits per heavy atom. The molecule has 1 saturated heterocycles. The predicted molar refractivity (Wildman–Crippen MR) is 213 cm³/mol. The predicted octanol–water partition coefficient (Wildman–Crippen LogP) is 5.27. The summed E-state index contributed by atoms with van der Waals surface area (Å²) < 4.78 is 87.3. The number of pyridine rings is 1. The van der Waals surface area contributed by atoms with Gasteiger partial charge in [-0.3, -0.25) is 19.1 Å². The van der Waals surface area contributed by atoms with Crippen LogP contribution in [0.3, 0.4) is 0 Å². The lowest BCUT2D eigenvalue weighted by molar-refractivity contribution is -0.152. The van der Waals surface area contributed by atoms with Crippen LogP contribution in [0.15, 0.2) is 36.4 Å². The highest BCUT2D eigenvalue weighted by Crippen LogP contribution is 2.48. The van der Waals surface area contributed by atoms with Gasteiger partial charge < -0.3 is 29.7 Å². The molecule has 4 heterocycles. The van der Waals surface area contributed by atoms with Crippen molar-refractivity contribution >= 4 is 44.6 Å². The molecule has 14 nitrogen and oxygen atoms in total. The summed E-state index contributed by atoms with van der Waals surface area (Å²) in [6, 6.07) is 4.74. The van der Waals surface area contributed by atoms with Gasteiger partial charge in [-0.15, -0.1) is 0 Å². The van der Waals surface area contributed by atoms with Crippen molar-refractivity contribution in [3.8, 4) is 11.6 Å². The van der Waals surface area contributed by atoms with Crippen LogP contribution in [0.4, 0.5) is 18.0 Å². The van der Waals surface area contributed by atoms with E-state index < -0.39 is 92.3 Å². The molecule has 7 rings (SSSR count). The first kappa shape index (κ1) is 43.5. The molecule has 4 amide bonds. The number of allylic oxidation sites excluding steroid dienone is 1. The van der Waals surface area contributed by atoms with Crippen molar-refractivity contribution in [3.63, 3.8) is 0 Å². The molecule has 2 aliphatic carbocycles. The number of carbonyl (C=O) groups is 4. The van der Waals surface area contributed by atoms with Gasteiger partial charge in [-0.2, -0.15) is 0 Å². The first-order valence-electron chi connectivity index (χ1n) is 20.7. The average molecular weight is 862 g/mol. The largest absolute Gasteiger partial charge is 0.491 e. The van der Waals surface area contributed by atoms with E-state index in [2.05, 4.69) is 15.4 Å². The summed E-state index contributed by atoms with van der Waals surface area (Å²) in [5, 5.41) is 6.75. The minimum atomic E-state index is -4.44. The molecule has 328 valence electrons. The molecule has 3 fully saturated rings. The van der Waals surface area contributed by atoms with Crippen LogP contribution in [0, 0.1) is 17.8 Å². The lowest BCUT2D eigenvalue weighted by Gasteiger charge is -2.35. The summed E-state index contributed by atoms with van der Waals surface area (Å²) in [6.45, 7) is 5.64. The Bertz CT molecular complexity index is 2180. The van der Waals surface area contributed by atoms with Gasteiger partial charge in [-0.05, 0) is 83.1 Å². The van der Waals surface area contributed by atoms with E-state index in [0.717, 1.165) is 25.7 Å². The average Bonchev–Trinajstić information content (AvgIpc) is 4.09. The van der Waals surface area contributed by atoms with E-state index in [4.69, 9.17) is 19.2 Å². The molecule has 3 N–H and O–H groups in total. The Morgan fingerprint density at radius 2 is 1.82 bits per heavy atom. The number of halogens is 3. The van der Waals surface area contributed by atoms with Gasteiger partial charge in [0.05, 0.1) is 18.8 Å². The van der Waals surface area contributed by atoms with E-state index in [9.17, 15) is 40.8 Å². The summed E-state index contributed by atoms with van der Waals surface area (Å²) in [4.78, 5) is 62.9. The number of benzene rings is 1. The summed E-state index contributed by atoms with van der Waals surface area (Å²) in [5.41, 5.74) is -3.27. The molecular weight excluding hydrogens is 808 g/mol. The number of carbonyl (C=O) groups excluding carboxylic acids is 4. The second-order valence-corrected chi connectivity index (χ2v) is 20.0. The van der Waals surface area contributed by atoms with Crippen molar-refractivity contribution in [3.05, 3.63) is 42.1 Å². The zero-order chi connectivity index (χ0) is 43.4. The van der Waals surface area contributed by atoms with Gasteiger partial charge in [0, 0.05) is 30.0 Å². The van der Waals surface area contributed by atoms with Crippen LogP contribution in [0.1, 0.15) is 91.7 Å². The van der Waals surface area contributed by atoms with Crippen LogP contribution >= 0.6 is 0 Å². The van der Waals surface area contributed by atoms with Crippen molar-refractivity contribution in [2.45, 2.75) is 132 Å². The maximum absolute atomic E-state index is 14.9. The monoisotopic (exact) mass is 861 g/mol. The number of aryl methyl sites for hydroxylation is 1. The lowest BCUT2D eigenvalue weighted by Crippen LogP contribution is -2.60. The third-order valence-corrected chi connectivity index (χ3v) is 15.0. The molecule has 7 atom stereocenters. The molecule has 18 heteroatoms. The van der Waals surface area contributed by atoms with Crippen molar-refractivity contribution in [2.24, 2.45) is 17.8 Å². The molecule has 2 saturated carbocycles. The number of sulfonamides is 1. The standard InChI is InChI=1S/C42H54F3N5O9S/c1-24-11-6-7-12-26-21-42(26,37(53)49-60(55,56)41(23-43)16-17-41)48-34(51)31-20-27(58-35-29-14-9-8-13-28(29)33-30(46-35)15-10-18-57-33)22-50(31)36(52)32(25(2)19-24)47-38(54)59-39(3,4)40(5,44)45/h7-9,12-14,24-27,31-32H,6,10-11,15-23H2,1-5H3,(H,47,54)(H,48,51)(H,49,53)/b12-7-/t24-,25+,26+,27+,31-,32?,42+/m0/s1. The summed E-state index contributed by atoms with van der Waals surface area (Å²) in [7, 11) is -4.44. The zero-order valence-electron chi connectivity index (χ0n) is 34.5. The number of hydrogen-bond acceptors (Lipinski definition) is 10. The van der Waals surface area contributed by atoms with Gasteiger partial charge in [-0.25, -0.2) is 31.4 Å². The normalized spacial score (nSPS) is 29.9. The van der Waals surface area contributed by atoms with Crippen molar-refractivity contribution in [2.75, 3.05) is 19.8 Å². The Balaban J connectivity index is 1.24. The van der Waals surface area contributed by atoms with Gasteiger partial charge >= 0.3 is 6.09 Å². The highest BCUT2D eigenvalue weighted by atomic mass is 32.2. The Hall–Kier alpha value is -4.61. The maximum Gasteiger partial charge on any atom is 0.408 e. The Kier molecular flexibility index (Phi) is 11.6. The lowest BCUT2D eigenvalue weighted by atomic mass is 9.88. The molecule has 5 aliphatic rings. The van der Waals surface area contributed by atoms with Crippen molar-refractivity contribution in [1.29, 1.82) is 0 Å². The van der Waals surface area contributed by atoms with Gasteiger partial charge in [0.15, 0.2) is 5.60 Å². The van der Waals surface area contributed by atoms with Crippen molar-refractivity contribution in [1.82, 2.24) is 25.2 Å². The van der Waals surface area contributed by atoms with Crippen LogP contribution in [0.5, 0.6) is 11.6 Å². The topological polar surface area (TPSA) is 182 Å². The summed E-state index contributed by atoms with van der Waals surface area (Å²) >= 11 is 0. The van der Waals surface area contributed by atoms with E-state index >= 15 is 0 Å². The molecule has 1 aromatic carbocycles. The highest BCUT2D eigenvalue weighted by Gasteiger charge is 2.64. The van der Waals surface area contributed by atoms with Gasteiger partial charge in [0.25, 0.3) is 11.8 Å². The number of alkyl halides is 3. The molecule has 0 radical (unpaired) electrons. The van der Waals surface area contributed by atoms with E-state index in [-0.39, 0.29) is 44.0 Å². The first-order valence-corrected chi connectivity index (χ1v) is 22.2. The number of alkyl carbamates (subject to hydrolysis) is 1. The second-order valence-electron chi connectivity index (χ2n) is 17.9. The summed E-state index contributed by atoms with van der Waals surface area (Å²) in [6.07, 6.45) is 4.53. The van der Waals surface area contributed by atoms with E-state index in [1.165, 1.54) is 4.90 Å². The number of hydrogen-bond donors (Lipinski definition) is 3. The summed E-state index contributed by atoms with van der Waals surface area (Å²) in [5.74, 6) is -6.21. The fraction of sp³-hybridized carbons (Fsp3) is 0.643. The number of nitrogens with zero attached hydrogens (tertiary/aromatic N) is 2. The fourth-order valence-electron chi connectivity index (χ4n) is 8.48. The van der Waals surface area contributed by atoms with Gasteiger partial charge in [-0.1, -0.05) is 44.2 Å². The van der Waals surface area contributed by atoms with E-state index in [1.807, 2.05) is 37.3 Å². The third-order valence-electron chi connectivity index (χ3n) is 12.9. The number of rotatable bonds is 9. The number of fused-ring (bicyclic) bond motifs is 5. The minimum Gasteiger partial charge on any atom is -0.491 e. The van der Waals surface area contributed by atoms with Crippen LogP contribution in [-0.2, 0) is 35.6 Å². The third kappa shape index (κ3) is 8.36. The smallest absolute Gasteiger partial charge is 0.408 e. The molecule has 3 aliphatic heterocycles. The molecule has 0 bridgehead atoms. The van der Waals surface area contributed by atoms with Crippen LogP contribution in [-0.4, -0.2) is 102 Å². The molecule has 1 unspecified atom stereocenters. The Morgan fingerprint density at radius 3 is 2.50 bits per heavy atom. The Labute approximate surface area is 347 Å². The molecular formula is C42H54F3N5O9S. The number of aromatic nitrogens is 1. The van der Waals surface area contributed by atoms with Crippen LogP contribution in [0.25, 0.3) is 10.8 Å². The maximum atomic E-state index is 14.9. The van der Waals surface area contributed by atoms with E-state index in [0.29, 0.717) is 56.0 Å². The first-order chi connectivity index (χ1) is 28.2. The van der Waals surface area contributed by atoms with Gasteiger partial charge in [0.1, 0.15) is 40.9 Å². The fourth-order valence-corrected chi connectivity index (χ4v) is 9.90. The van der Waals surface area contributed by atoms with Crippen molar-refractivity contribution < 1.29 is 55.0 Å². The number of ether oxygens (including phenoxy) is 3.